The summed E-state index contributed by atoms with van der Waals surface area (Å²) >= 11 is 1.02. The van der Waals surface area contributed by atoms with Crippen LogP contribution in [0.2, 0.25) is 0 Å². The minimum atomic E-state index is -4.92. The summed E-state index contributed by atoms with van der Waals surface area (Å²) in [5, 5.41) is 24.7. The molecule has 1 saturated heterocycles. The van der Waals surface area contributed by atoms with Gasteiger partial charge in [0, 0.05) is 16.3 Å². The minimum Gasteiger partial charge on any atom is -0.549 e. The topological polar surface area (TPSA) is 146 Å². The van der Waals surface area contributed by atoms with E-state index >= 15 is 0 Å². The van der Waals surface area contributed by atoms with E-state index in [1.807, 2.05) is 0 Å². The third-order valence-corrected chi connectivity index (χ3v) is 7.61. The van der Waals surface area contributed by atoms with Gasteiger partial charge in [-0.25, -0.2) is 18.9 Å². The Morgan fingerprint density at radius 3 is 2.32 bits per heavy atom. The van der Waals surface area contributed by atoms with Gasteiger partial charge in [-0.05, 0) is 74.0 Å². The van der Waals surface area contributed by atoms with Crippen molar-refractivity contribution < 1.29 is 41.8 Å². The standard InChI is InChI=1S/C29H23F4N5O5S/c1-28(2)25(41)38(20-8-4-16(13-34)22(12-20)29(31,32)33)27(43)37(28)14-17-3-5-18(30)11-23(17)36-26(42)35-19-6-9-21(10-7-19)44-15-24(39)40/h3-12H,14-15H2,1-2H3,(H,39,40)(H2,35,36,42)/p-1. The first-order valence-electron chi connectivity index (χ1n) is 12.7. The molecule has 0 bridgehead atoms. The average Bonchev–Trinajstić information content (AvgIpc) is 3.11. The first kappa shape index (κ1) is 31.8. The monoisotopic (exact) mass is 628 g/mol. The number of hydrogen-bond donors (Lipinski definition) is 2. The second-order valence-corrected chi connectivity index (χ2v) is 11.0. The molecule has 1 heterocycles. The second kappa shape index (κ2) is 12.3. The van der Waals surface area contributed by atoms with Crippen LogP contribution in [0.25, 0.3) is 0 Å². The van der Waals surface area contributed by atoms with Gasteiger partial charge in [-0.15, -0.1) is 11.8 Å². The first-order chi connectivity index (χ1) is 20.6. The highest BCUT2D eigenvalue weighted by molar-refractivity contribution is 8.00. The van der Waals surface area contributed by atoms with E-state index in [1.165, 1.54) is 38.1 Å². The lowest BCUT2D eigenvalue weighted by atomic mass is 10.0. The molecule has 15 heteroatoms. The number of nitrogens with zero attached hydrogens (tertiary/aromatic N) is 3. The zero-order valence-electron chi connectivity index (χ0n) is 23.0. The lowest BCUT2D eigenvalue weighted by Gasteiger charge is -2.28. The predicted molar refractivity (Wildman–Crippen MR) is 150 cm³/mol. The molecule has 0 spiro atoms. The Labute approximate surface area is 252 Å². The summed E-state index contributed by atoms with van der Waals surface area (Å²) in [7, 11) is 0. The maximum Gasteiger partial charge on any atom is 0.417 e. The Kier molecular flexibility index (Phi) is 8.86. The van der Waals surface area contributed by atoms with E-state index in [0.29, 0.717) is 21.5 Å². The van der Waals surface area contributed by atoms with Crippen LogP contribution in [0.4, 0.5) is 44.2 Å². The normalized spacial score (nSPS) is 14.4. The molecule has 1 fully saturated rings. The van der Waals surface area contributed by atoms with Crippen molar-refractivity contribution in [1.29, 1.82) is 5.26 Å². The molecule has 1 aliphatic rings. The van der Waals surface area contributed by atoms with Crippen molar-refractivity contribution in [2.75, 3.05) is 21.3 Å². The van der Waals surface area contributed by atoms with Gasteiger partial charge in [0.1, 0.15) is 11.4 Å². The molecule has 3 aromatic carbocycles. The number of benzene rings is 3. The zero-order valence-corrected chi connectivity index (χ0v) is 23.8. The van der Waals surface area contributed by atoms with E-state index in [2.05, 4.69) is 10.6 Å². The van der Waals surface area contributed by atoms with Crippen LogP contribution in [0, 0.1) is 17.1 Å². The highest BCUT2D eigenvalue weighted by atomic mass is 32.2. The van der Waals surface area contributed by atoms with Crippen molar-refractivity contribution in [3.05, 3.63) is 83.2 Å². The summed E-state index contributed by atoms with van der Waals surface area (Å²) in [4.78, 5) is 52.4. The molecule has 0 atom stereocenters. The lowest BCUT2D eigenvalue weighted by molar-refractivity contribution is -0.301. The number of urea groups is 2. The van der Waals surface area contributed by atoms with Gasteiger partial charge in [0.2, 0.25) is 0 Å². The summed E-state index contributed by atoms with van der Waals surface area (Å²) in [5.74, 6) is -3.04. The lowest BCUT2D eigenvalue weighted by Crippen LogP contribution is -2.43. The highest BCUT2D eigenvalue weighted by Gasteiger charge is 2.52. The zero-order chi connectivity index (χ0) is 32.4. The van der Waals surface area contributed by atoms with Crippen LogP contribution in [0.15, 0.2) is 65.6 Å². The largest absolute Gasteiger partial charge is 0.549 e. The van der Waals surface area contributed by atoms with Crippen molar-refractivity contribution in [3.63, 3.8) is 0 Å². The van der Waals surface area contributed by atoms with E-state index in [9.17, 15) is 41.8 Å². The van der Waals surface area contributed by atoms with E-state index in [-0.39, 0.29) is 29.2 Å². The smallest absolute Gasteiger partial charge is 0.417 e. The summed E-state index contributed by atoms with van der Waals surface area (Å²) in [6.07, 6.45) is -4.92. The summed E-state index contributed by atoms with van der Waals surface area (Å²) in [6.45, 7) is 2.44. The molecule has 0 aromatic heterocycles. The molecule has 44 heavy (non-hydrogen) atoms. The van der Waals surface area contributed by atoms with Crippen molar-refractivity contribution in [3.8, 4) is 6.07 Å². The quantitative estimate of drug-likeness (QED) is 0.204. The molecule has 1 aliphatic heterocycles. The molecule has 0 aliphatic carbocycles. The number of amides is 5. The van der Waals surface area contributed by atoms with Crippen molar-refractivity contribution in [2.45, 2.75) is 37.0 Å². The van der Waals surface area contributed by atoms with Crippen LogP contribution >= 0.6 is 11.8 Å². The highest BCUT2D eigenvalue weighted by Crippen LogP contribution is 2.38. The van der Waals surface area contributed by atoms with Gasteiger partial charge in [0.25, 0.3) is 5.91 Å². The number of halogens is 4. The van der Waals surface area contributed by atoms with E-state index in [0.717, 1.165) is 40.9 Å². The number of carboxylic acid groups (broad SMARTS) is 1. The number of aliphatic carboxylic acids is 1. The molecular weight excluding hydrogens is 606 g/mol. The Hall–Kier alpha value is -5.10. The number of carboxylic acids is 1. The molecule has 5 amide bonds. The number of thioether (sulfide) groups is 1. The predicted octanol–water partition coefficient (Wildman–Crippen LogP) is 4.95. The third kappa shape index (κ3) is 6.76. The fourth-order valence-corrected chi connectivity index (χ4v) is 4.98. The van der Waals surface area contributed by atoms with Crippen LogP contribution < -0.4 is 20.6 Å². The second-order valence-electron chi connectivity index (χ2n) is 9.97. The van der Waals surface area contributed by atoms with Crippen LogP contribution in [-0.2, 0) is 22.3 Å². The van der Waals surface area contributed by atoms with Gasteiger partial charge >= 0.3 is 18.2 Å². The van der Waals surface area contributed by atoms with E-state index in [4.69, 9.17) is 5.26 Å². The number of nitrogens with one attached hydrogen (secondary N) is 2. The minimum absolute atomic E-state index is 0.0455. The number of alkyl halides is 3. The van der Waals surface area contributed by atoms with Gasteiger partial charge in [0.05, 0.1) is 41.1 Å². The molecule has 0 unspecified atom stereocenters. The fourth-order valence-electron chi connectivity index (χ4n) is 4.37. The van der Waals surface area contributed by atoms with Crippen molar-refractivity contribution in [1.82, 2.24) is 4.90 Å². The fraction of sp³-hybridized carbons (Fsp3) is 0.207. The van der Waals surface area contributed by atoms with Gasteiger partial charge in [0.15, 0.2) is 0 Å². The SMILES string of the molecule is CC1(C)C(=O)N(c2ccc(C#N)c(C(F)(F)F)c2)C(=O)N1Cc1ccc(F)cc1NC(=O)Nc1ccc(SCC(=O)[O-])cc1. The average molecular weight is 629 g/mol. The van der Waals surface area contributed by atoms with Crippen LogP contribution in [0.5, 0.6) is 0 Å². The number of carbonyl (C=O) groups excluding carboxylic acids is 4. The Morgan fingerprint density at radius 1 is 1.02 bits per heavy atom. The van der Waals surface area contributed by atoms with Crippen molar-refractivity contribution >= 4 is 52.8 Å². The van der Waals surface area contributed by atoms with E-state index in [1.54, 1.807) is 12.1 Å². The summed E-state index contributed by atoms with van der Waals surface area (Å²) in [5.41, 5.74) is -3.44. The number of anilines is 3. The Bertz CT molecular complexity index is 1690. The molecule has 10 nitrogen and oxygen atoms in total. The third-order valence-electron chi connectivity index (χ3n) is 6.63. The number of nitriles is 1. The van der Waals surface area contributed by atoms with Crippen LogP contribution in [0.1, 0.15) is 30.5 Å². The molecule has 2 N–H and O–H groups in total. The molecule has 4 rings (SSSR count). The molecular formula is C29H22F4N5O5S-. The van der Waals surface area contributed by atoms with Crippen LogP contribution in [0.3, 0.4) is 0 Å². The molecule has 228 valence electrons. The number of imide groups is 1. The van der Waals surface area contributed by atoms with E-state index < -0.39 is 52.6 Å². The molecule has 0 radical (unpaired) electrons. The Morgan fingerprint density at radius 2 is 1.70 bits per heavy atom. The van der Waals surface area contributed by atoms with Crippen LogP contribution in [-0.4, -0.2) is 40.1 Å². The van der Waals surface area contributed by atoms with Gasteiger partial charge in [-0.3, -0.25) is 4.79 Å². The van der Waals surface area contributed by atoms with Crippen molar-refractivity contribution in [2.24, 2.45) is 0 Å². The number of carbonyl (C=O) groups is 4. The number of hydrogen-bond acceptors (Lipinski definition) is 7. The summed E-state index contributed by atoms with van der Waals surface area (Å²) in [6, 6.07) is 11.7. The maximum absolute atomic E-state index is 14.2. The number of rotatable bonds is 8. The summed E-state index contributed by atoms with van der Waals surface area (Å²) < 4.78 is 54.9. The van der Waals surface area contributed by atoms with Gasteiger partial charge in [-0.2, -0.15) is 18.4 Å². The molecule has 0 saturated carbocycles. The Balaban J connectivity index is 1.56. The van der Waals surface area contributed by atoms with Gasteiger partial charge in [-0.1, -0.05) is 6.07 Å². The first-order valence-corrected chi connectivity index (χ1v) is 13.7. The maximum atomic E-state index is 14.2. The molecule has 3 aromatic rings. The van der Waals surface area contributed by atoms with Gasteiger partial charge < -0.3 is 25.4 Å².